The first-order chi connectivity index (χ1) is 13.8. The minimum absolute atomic E-state index is 0.0366. The fraction of sp³-hybridized carbons (Fsp3) is 0.429. The number of fused-ring (bicyclic) bond motifs is 2. The molecule has 28 heavy (non-hydrogen) atoms. The van der Waals surface area contributed by atoms with E-state index in [0.29, 0.717) is 18.7 Å². The van der Waals surface area contributed by atoms with Gasteiger partial charge in [0.05, 0.1) is 23.9 Å². The number of pyridine rings is 1. The molecule has 0 amide bonds. The van der Waals surface area contributed by atoms with Gasteiger partial charge in [-0.3, -0.25) is 10.00 Å². The lowest BCUT2D eigenvalue weighted by Crippen LogP contribution is -2.36. The second kappa shape index (κ2) is 7.41. The third-order valence-electron chi connectivity index (χ3n) is 5.98. The fourth-order valence-electron chi connectivity index (χ4n) is 4.79. The van der Waals surface area contributed by atoms with Gasteiger partial charge in [0.25, 0.3) is 0 Å². The summed E-state index contributed by atoms with van der Waals surface area (Å²) in [6.45, 7) is 3.47. The number of aromatic amines is 1. The molecule has 2 aliphatic heterocycles. The van der Waals surface area contributed by atoms with Crippen LogP contribution in [0.5, 0.6) is 5.75 Å². The van der Waals surface area contributed by atoms with Crippen LogP contribution in [-0.4, -0.2) is 63.6 Å². The molecular weight excluding hydrogens is 354 g/mol. The normalized spacial score (nSPS) is 22.1. The van der Waals surface area contributed by atoms with Crippen molar-refractivity contribution in [1.29, 1.82) is 0 Å². The van der Waals surface area contributed by atoms with E-state index in [-0.39, 0.29) is 6.61 Å². The smallest absolute Gasteiger partial charge is 0.157 e. The average molecular weight is 379 g/mol. The Kier molecular flexibility index (Phi) is 4.62. The maximum Gasteiger partial charge on any atom is 0.157 e. The highest BCUT2D eigenvalue weighted by Crippen LogP contribution is 2.38. The number of anilines is 1. The number of nitrogens with one attached hydrogen (secondary N) is 1. The molecule has 0 radical (unpaired) electrons. The number of hydrogen-bond donors (Lipinski definition) is 2. The Morgan fingerprint density at radius 1 is 1.18 bits per heavy atom. The van der Waals surface area contributed by atoms with E-state index in [4.69, 9.17) is 9.84 Å². The largest absolute Gasteiger partial charge is 0.491 e. The van der Waals surface area contributed by atoms with Crippen molar-refractivity contribution in [2.75, 3.05) is 31.2 Å². The van der Waals surface area contributed by atoms with Crippen LogP contribution in [0.25, 0.3) is 11.0 Å². The van der Waals surface area contributed by atoms with E-state index in [1.807, 2.05) is 24.5 Å². The lowest BCUT2D eigenvalue weighted by Gasteiger charge is -2.27. The van der Waals surface area contributed by atoms with Gasteiger partial charge in [-0.2, -0.15) is 5.10 Å². The van der Waals surface area contributed by atoms with E-state index in [2.05, 4.69) is 43.2 Å². The van der Waals surface area contributed by atoms with E-state index < -0.39 is 0 Å². The molecule has 0 unspecified atom stereocenters. The zero-order chi connectivity index (χ0) is 18.9. The van der Waals surface area contributed by atoms with Crippen LogP contribution < -0.4 is 9.64 Å². The summed E-state index contributed by atoms with van der Waals surface area (Å²) >= 11 is 0. The molecule has 2 aromatic heterocycles. The molecule has 146 valence electrons. The number of aliphatic hydroxyl groups is 1. The summed E-state index contributed by atoms with van der Waals surface area (Å²) in [6.07, 6.45) is 6.10. The van der Waals surface area contributed by atoms with Crippen LogP contribution in [0.3, 0.4) is 0 Å². The first-order valence-electron chi connectivity index (χ1n) is 9.95. The van der Waals surface area contributed by atoms with Crippen molar-refractivity contribution in [2.45, 2.75) is 31.5 Å². The van der Waals surface area contributed by atoms with Crippen molar-refractivity contribution in [1.82, 2.24) is 20.1 Å². The summed E-state index contributed by atoms with van der Waals surface area (Å²) < 4.78 is 5.56. The second-order valence-corrected chi connectivity index (χ2v) is 7.56. The van der Waals surface area contributed by atoms with E-state index >= 15 is 0 Å². The average Bonchev–Trinajstić information content (AvgIpc) is 3.44. The molecule has 3 aromatic rings. The number of aliphatic hydroxyl groups excluding tert-OH is 1. The van der Waals surface area contributed by atoms with Crippen LogP contribution >= 0.6 is 0 Å². The third-order valence-corrected chi connectivity index (χ3v) is 5.98. The Labute approximate surface area is 163 Å². The first kappa shape index (κ1) is 17.5. The first-order valence-corrected chi connectivity index (χ1v) is 9.95. The molecule has 2 saturated heterocycles. The van der Waals surface area contributed by atoms with Crippen molar-refractivity contribution in [3.63, 3.8) is 0 Å². The predicted octanol–water partition coefficient (Wildman–Crippen LogP) is 2.18. The Hall–Kier alpha value is -2.64. The van der Waals surface area contributed by atoms with Crippen molar-refractivity contribution >= 4 is 16.7 Å². The van der Waals surface area contributed by atoms with Gasteiger partial charge in [-0.05, 0) is 36.6 Å². The Morgan fingerprint density at radius 2 is 2.11 bits per heavy atom. The fourth-order valence-corrected chi connectivity index (χ4v) is 4.79. The molecular formula is C21H25N5O2. The van der Waals surface area contributed by atoms with Crippen molar-refractivity contribution in [2.24, 2.45) is 0 Å². The predicted molar refractivity (Wildman–Crippen MR) is 107 cm³/mol. The molecule has 0 saturated carbocycles. The molecule has 5 rings (SSSR count). The standard InChI is InChI=1S/C21H25N5O2/c27-10-11-28-16-3-1-2-15(12-16)14-25-8-5-20-19(25)6-9-26(20)18-4-7-22-21-17(18)13-23-24-21/h1-4,7,12-13,19-20,27H,5-6,8-11,14H2,(H,22,23,24)/t19-,20-/m0/s1. The molecule has 2 N–H and O–H groups in total. The molecule has 0 spiro atoms. The summed E-state index contributed by atoms with van der Waals surface area (Å²) in [5, 5.41) is 17.2. The van der Waals surface area contributed by atoms with Crippen LogP contribution in [0.4, 0.5) is 5.69 Å². The molecule has 0 bridgehead atoms. The summed E-state index contributed by atoms with van der Waals surface area (Å²) in [7, 11) is 0. The molecule has 1 aromatic carbocycles. The second-order valence-electron chi connectivity index (χ2n) is 7.56. The van der Waals surface area contributed by atoms with E-state index in [1.165, 1.54) is 24.1 Å². The van der Waals surface area contributed by atoms with Crippen molar-refractivity contribution in [3.8, 4) is 5.75 Å². The molecule has 2 fully saturated rings. The monoisotopic (exact) mass is 379 g/mol. The highest BCUT2D eigenvalue weighted by atomic mass is 16.5. The number of ether oxygens (including phenoxy) is 1. The number of H-pyrrole nitrogens is 1. The van der Waals surface area contributed by atoms with Gasteiger partial charge < -0.3 is 14.7 Å². The number of rotatable bonds is 6. The zero-order valence-corrected chi connectivity index (χ0v) is 15.8. The maximum absolute atomic E-state index is 8.95. The van der Waals surface area contributed by atoms with Gasteiger partial charge in [0.15, 0.2) is 5.65 Å². The molecule has 2 aliphatic rings. The zero-order valence-electron chi connectivity index (χ0n) is 15.8. The Bertz CT molecular complexity index is 959. The van der Waals surface area contributed by atoms with E-state index in [0.717, 1.165) is 36.4 Å². The summed E-state index contributed by atoms with van der Waals surface area (Å²) in [4.78, 5) is 9.52. The molecule has 7 heteroatoms. The topological polar surface area (TPSA) is 77.5 Å². The van der Waals surface area contributed by atoms with Crippen molar-refractivity contribution in [3.05, 3.63) is 48.3 Å². The number of nitrogens with zero attached hydrogens (tertiary/aromatic N) is 4. The number of likely N-dealkylation sites (tertiary alicyclic amines) is 1. The van der Waals surface area contributed by atoms with Crippen LogP contribution in [0, 0.1) is 0 Å². The lowest BCUT2D eigenvalue weighted by molar-refractivity contribution is 0.201. The SMILES string of the molecule is OCCOc1cccc(CN2CC[C@H]3[C@@H]2CCN3c2ccnc3[nH]ncc23)c1. The summed E-state index contributed by atoms with van der Waals surface area (Å²) in [5.74, 6) is 0.828. The van der Waals surface area contributed by atoms with Gasteiger partial charge in [0.1, 0.15) is 12.4 Å². The van der Waals surface area contributed by atoms with Gasteiger partial charge in [-0.15, -0.1) is 0 Å². The van der Waals surface area contributed by atoms with Crippen LogP contribution in [0.2, 0.25) is 0 Å². The summed E-state index contributed by atoms with van der Waals surface area (Å²) in [5.41, 5.74) is 3.36. The van der Waals surface area contributed by atoms with Crippen molar-refractivity contribution < 1.29 is 9.84 Å². The number of benzene rings is 1. The van der Waals surface area contributed by atoms with Crippen LogP contribution in [0.15, 0.2) is 42.7 Å². The molecule has 7 nitrogen and oxygen atoms in total. The number of hydrogen-bond acceptors (Lipinski definition) is 6. The highest BCUT2D eigenvalue weighted by molar-refractivity contribution is 5.89. The van der Waals surface area contributed by atoms with E-state index in [1.54, 1.807) is 0 Å². The van der Waals surface area contributed by atoms with Crippen LogP contribution in [0.1, 0.15) is 18.4 Å². The quantitative estimate of drug-likeness (QED) is 0.684. The third kappa shape index (κ3) is 3.10. The number of aromatic nitrogens is 3. The van der Waals surface area contributed by atoms with Gasteiger partial charge in [0, 0.05) is 37.9 Å². The van der Waals surface area contributed by atoms with Crippen LogP contribution in [-0.2, 0) is 6.54 Å². The minimum atomic E-state index is 0.0366. The van der Waals surface area contributed by atoms with Gasteiger partial charge >= 0.3 is 0 Å². The minimum Gasteiger partial charge on any atom is -0.491 e. The Balaban J connectivity index is 1.31. The maximum atomic E-state index is 8.95. The highest BCUT2D eigenvalue weighted by Gasteiger charge is 2.42. The van der Waals surface area contributed by atoms with E-state index in [9.17, 15) is 0 Å². The molecule has 0 aliphatic carbocycles. The lowest BCUT2D eigenvalue weighted by atomic mass is 10.1. The van der Waals surface area contributed by atoms with Gasteiger partial charge in [-0.25, -0.2) is 4.98 Å². The van der Waals surface area contributed by atoms with Gasteiger partial charge in [0.2, 0.25) is 0 Å². The summed E-state index contributed by atoms with van der Waals surface area (Å²) in [6, 6.07) is 11.4. The molecule has 2 atom stereocenters. The molecule has 4 heterocycles. The van der Waals surface area contributed by atoms with Gasteiger partial charge in [-0.1, -0.05) is 12.1 Å². The Morgan fingerprint density at radius 3 is 3.04 bits per heavy atom.